The molecular formula is C19H21ClN2O5S. The smallest absolute Gasteiger partial charge is 0.261 e. The molecule has 0 saturated carbocycles. The van der Waals surface area contributed by atoms with Crippen molar-refractivity contribution in [3.8, 4) is 11.5 Å². The van der Waals surface area contributed by atoms with Crippen molar-refractivity contribution in [1.82, 2.24) is 5.32 Å². The first-order valence-corrected chi connectivity index (χ1v) is 10.8. The summed E-state index contributed by atoms with van der Waals surface area (Å²) in [5, 5.41) is 3.22. The Morgan fingerprint density at radius 1 is 1.29 bits per heavy atom. The van der Waals surface area contributed by atoms with E-state index in [-0.39, 0.29) is 18.9 Å². The maximum absolute atomic E-state index is 12.6. The number of methoxy groups -OCH3 is 1. The quantitative estimate of drug-likeness (QED) is 0.797. The van der Waals surface area contributed by atoms with Crippen LogP contribution in [0.1, 0.15) is 12.0 Å². The van der Waals surface area contributed by atoms with Gasteiger partial charge in [-0.05, 0) is 35.9 Å². The first-order chi connectivity index (χ1) is 13.3. The monoisotopic (exact) mass is 424 g/mol. The highest BCUT2D eigenvalue weighted by atomic mass is 35.5. The molecule has 150 valence electrons. The third-order valence-corrected chi connectivity index (χ3v) is 5.79. The number of ether oxygens (including phenoxy) is 2. The summed E-state index contributed by atoms with van der Waals surface area (Å²) in [5.41, 5.74) is 1.24. The van der Waals surface area contributed by atoms with Crippen molar-refractivity contribution in [3.63, 3.8) is 0 Å². The van der Waals surface area contributed by atoms with Crippen LogP contribution in [0, 0.1) is 0 Å². The number of amides is 1. The number of carbonyl (C=O) groups excluding carboxylic acids is 1. The second-order valence-corrected chi connectivity index (χ2v) is 8.75. The molecule has 0 aromatic heterocycles. The van der Waals surface area contributed by atoms with Crippen molar-refractivity contribution in [1.29, 1.82) is 0 Å². The van der Waals surface area contributed by atoms with E-state index >= 15 is 0 Å². The molecule has 1 aliphatic heterocycles. The van der Waals surface area contributed by atoms with E-state index in [1.165, 1.54) is 10.4 Å². The molecule has 0 saturated heterocycles. The molecule has 1 heterocycles. The van der Waals surface area contributed by atoms with Gasteiger partial charge in [-0.2, -0.15) is 0 Å². The highest BCUT2D eigenvalue weighted by Gasteiger charge is 2.31. The van der Waals surface area contributed by atoms with Crippen LogP contribution in [0.15, 0.2) is 42.5 Å². The standard InChI is InChI=1S/C19H21ClN2O5S/c1-26-15-6-3-13(4-7-15)12-21-19(23)18-9-10-22(28(2,24)25)16-11-14(20)5-8-17(16)27-18/h3-8,11,18H,9-10,12H2,1-2H3,(H,21,23). The number of anilines is 1. The van der Waals surface area contributed by atoms with E-state index in [0.29, 0.717) is 23.0 Å². The van der Waals surface area contributed by atoms with Crippen molar-refractivity contribution >= 4 is 33.2 Å². The molecule has 0 radical (unpaired) electrons. The van der Waals surface area contributed by atoms with Crippen LogP contribution < -0.4 is 19.1 Å². The van der Waals surface area contributed by atoms with Crippen molar-refractivity contribution in [2.45, 2.75) is 19.1 Å². The van der Waals surface area contributed by atoms with Crippen molar-refractivity contribution in [2.75, 3.05) is 24.2 Å². The molecule has 1 amide bonds. The van der Waals surface area contributed by atoms with Crippen LogP contribution in [0.4, 0.5) is 5.69 Å². The van der Waals surface area contributed by atoms with Gasteiger partial charge in [0.25, 0.3) is 5.91 Å². The predicted molar refractivity (Wildman–Crippen MR) is 108 cm³/mol. The zero-order valence-electron chi connectivity index (χ0n) is 15.5. The molecule has 0 spiro atoms. The summed E-state index contributed by atoms with van der Waals surface area (Å²) in [6.45, 7) is 0.443. The van der Waals surface area contributed by atoms with Gasteiger partial charge >= 0.3 is 0 Å². The number of benzene rings is 2. The zero-order valence-corrected chi connectivity index (χ0v) is 17.1. The minimum Gasteiger partial charge on any atom is -0.497 e. The lowest BCUT2D eigenvalue weighted by molar-refractivity contribution is -0.128. The average molecular weight is 425 g/mol. The van der Waals surface area contributed by atoms with Gasteiger partial charge in [-0.3, -0.25) is 9.10 Å². The maximum Gasteiger partial charge on any atom is 0.261 e. The average Bonchev–Trinajstić information content (AvgIpc) is 2.85. The molecule has 2 aromatic carbocycles. The molecular weight excluding hydrogens is 404 g/mol. The number of carbonyl (C=O) groups is 1. The Morgan fingerprint density at radius 2 is 2.00 bits per heavy atom. The second kappa shape index (κ2) is 8.28. The van der Waals surface area contributed by atoms with E-state index in [1.54, 1.807) is 19.2 Å². The fraction of sp³-hybridized carbons (Fsp3) is 0.316. The summed E-state index contributed by atoms with van der Waals surface area (Å²) in [7, 11) is -1.95. The largest absolute Gasteiger partial charge is 0.497 e. The van der Waals surface area contributed by atoms with Gasteiger partial charge in [-0.25, -0.2) is 8.42 Å². The summed E-state index contributed by atoms with van der Waals surface area (Å²) in [6, 6.07) is 12.0. The maximum atomic E-state index is 12.6. The van der Waals surface area contributed by atoms with E-state index in [0.717, 1.165) is 17.6 Å². The molecule has 0 aliphatic carbocycles. The number of nitrogens with zero attached hydrogens (tertiary/aromatic N) is 1. The molecule has 0 bridgehead atoms. The molecule has 9 heteroatoms. The fourth-order valence-corrected chi connectivity index (χ4v) is 4.03. The second-order valence-electron chi connectivity index (χ2n) is 6.41. The van der Waals surface area contributed by atoms with Crippen LogP contribution in [0.3, 0.4) is 0 Å². The molecule has 28 heavy (non-hydrogen) atoms. The number of fused-ring (bicyclic) bond motifs is 1. The normalized spacial score (nSPS) is 16.5. The lowest BCUT2D eigenvalue weighted by Gasteiger charge is -2.21. The topological polar surface area (TPSA) is 84.9 Å². The Morgan fingerprint density at radius 3 is 2.64 bits per heavy atom. The van der Waals surface area contributed by atoms with Crippen LogP contribution in [0.25, 0.3) is 0 Å². The van der Waals surface area contributed by atoms with Gasteiger partial charge in [0.2, 0.25) is 10.0 Å². The molecule has 0 fully saturated rings. The van der Waals surface area contributed by atoms with Crippen LogP contribution in [0.2, 0.25) is 5.02 Å². The predicted octanol–water partition coefficient (Wildman–Crippen LogP) is 2.58. The van der Waals surface area contributed by atoms with E-state index in [1.807, 2.05) is 24.3 Å². The number of rotatable bonds is 5. The Balaban J connectivity index is 1.74. The number of hydrogen-bond donors (Lipinski definition) is 1. The zero-order chi connectivity index (χ0) is 20.3. The van der Waals surface area contributed by atoms with E-state index in [2.05, 4.69) is 5.32 Å². The minimum absolute atomic E-state index is 0.118. The molecule has 1 unspecified atom stereocenters. The molecule has 7 nitrogen and oxygen atoms in total. The summed E-state index contributed by atoms with van der Waals surface area (Å²) in [4.78, 5) is 12.6. The van der Waals surface area contributed by atoms with E-state index < -0.39 is 16.1 Å². The van der Waals surface area contributed by atoms with Crippen LogP contribution >= 0.6 is 11.6 Å². The van der Waals surface area contributed by atoms with Gasteiger partial charge in [0.05, 0.1) is 19.1 Å². The lowest BCUT2D eigenvalue weighted by atomic mass is 10.2. The Bertz CT molecular complexity index is 963. The highest BCUT2D eigenvalue weighted by Crippen LogP contribution is 2.36. The molecule has 1 N–H and O–H groups in total. The van der Waals surface area contributed by atoms with Crippen LogP contribution in [-0.2, 0) is 21.4 Å². The Kier molecular flexibility index (Phi) is 6.00. The number of halogens is 1. The van der Waals surface area contributed by atoms with E-state index in [9.17, 15) is 13.2 Å². The van der Waals surface area contributed by atoms with Gasteiger partial charge < -0.3 is 14.8 Å². The van der Waals surface area contributed by atoms with Gasteiger partial charge in [0.1, 0.15) is 11.5 Å². The summed E-state index contributed by atoms with van der Waals surface area (Å²) < 4.78 is 36.5. The van der Waals surface area contributed by atoms with Crippen LogP contribution in [-0.4, -0.2) is 40.3 Å². The molecule has 1 atom stereocenters. The first-order valence-electron chi connectivity index (χ1n) is 8.62. The number of hydrogen-bond acceptors (Lipinski definition) is 5. The summed E-state index contributed by atoms with van der Waals surface area (Å²) >= 11 is 6.02. The summed E-state index contributed by atoms with van der Waals surface area (Å²) in [5.74, 6) is 0.724. The van der Waals surface area contributed by atoms with Crippen molar-refractivity contribution in [2.24, 2.45) is 0 Å². The number of sulfonamides is 1. The SMILES string of the molecule is COc1ccc(CNC(=O)C2CCN(S(C)(=O)=O)c3cc(Cl)ccc3O2)cc1. The Labute approximate surface area is 169 Å². The van der Waals surface area contributed by atoms with E-state index in [4.69, 9.17) is 21.1 Å². The third-order valence-electron chi connectivity index (χ3n) is 4.37. The molecule has 3 rings (SSSR count). The van der Waals surface area contributed by atoms with Crippen LogP contribution in [0.5, 0.6) is 11.5 Å². The van der Waals surface area contributed by atoms with Crippen molar-refractivity contribution < 1.29 is 22.7 Å². The van der Waals surface area contributed by atoms with Gasteiger partial charge in [0.15, 0.2) is 6.10 Å². The first kappa shape index (κ1) is 20.3. The van der Waals surface area contributed by atoms with Gasteiger partial charge in [0, 0.05) is 24.5 Å². The number of nitrogens with one attached hydrogen (secondary N) is 1. The lowest BCUT2D eigenvalue weighted by Crippen LogP contribution is -2.39. The van der Waals surface area contributed by atoms with Gasteiger partial charge in [-0.15, -0.1) is 0 Å². The third kappa shape index (κ3) is 4.69. The molecule has 2 aromatic rings. The summed E-state index contributed by atoms with van der Waals surface area (Å²) in [6.07, 6.45) is 0.514. The fourth-order valence-electron chi connectivity index (χ4n) is 2.93. The highest BCUT2D eigenvalue weighted by molar-refractivity contribution is 7.92. The minimum atomic E-state index is -3.54. The molecule has 1 aliphatic rings. The van der Waals surface area contributed by atoms with Crippen molar-refractivity contribution in [3.05, 3.63) is 53.1 Å². The Hall–Kier alpha value is -2.45. The van der Waals surface area contributed by atoms with Gasteiger partial charge in [-0.1, -0.05) is 23.7 Å².